The summed E-state index contributed by atoms with van der Waals surface area (Å²) in [7, 11) is 1.29. The fraction of sp³-hybridized carbons (Fsp3) is 0.429. The number of esters is 1. The van der Waals surface area contributed by atoms with E-state index in [4.69, 9.17) is 9.73 Å². The van der Waals surface area contributed by atoms with E-state index < -0.39 is 17.9 Å². The number of allylic oxidation sites excluding steroid dienone is 3. The molecule has 9 heteroatoms. The predicted octanol–water partition coefficient (Wildman–Crippen LogP) is 3.53. The molecule has 0 spiro atoms. The van der Waals surface area contributed by atoms with Crippen LogP contribution in [0.15, 0.2) is 33.1 Å². The van der Waals surface area contributed by atoms with E-state index in [0.717, 1.165) is 51.8 Å². The average molecular weight is 597 g/mol. The van der Waals surface area contributed by atoms with Crippen LogP contribution in [0.25, 0.3) is 18.2 Å². The van der Waals surface area contributed by atoms with E-state index in [1.54, 1.807) is 0 Å². The van der Waals surface area contributed by atoms with Crippen LogP contribution in [0.1, 0.15) is 74.2 Å². The third-order valence-corrected chi connectivity index (χ3v) is 10.1. The molecule has 3 aliphatic heterocycles. The van der Waals surface area contributed by atoms with Crippen LogP contribution in [0.4, 0.5) is 0 Å². The lowest BCUT2D eigenvalue weighted by Crippen LogP contribution is -2.27. The van der Waals surface area contributed by atoms with E-state index in [1.165, 1.54) is 23.8 Å². The Bertz CT molecular complexity index is 1880. The first kappa shape index (κ1) is 29.7. The number of aliphatic imine (C=N–C) groups is 1. The molecule has 4 aliphatic rings. The van der Waals surface area contributed by atoms with E-state index >= 15 is 0 Å². The normalized spacial score (nSPS) is 23.8. The van der Waals surface area contributed by atoms with Crippen LogP contribution < -0.4 is 16.0 Å². The van der Waals surface area contributed by atoms with Crippen LogP contribution >= 0.6 is 0 Å². The molecule has 4 atom stereocenters. The highest BCUT2D eigenvalue weighted by molar-refractivity contribution is 6.42. The molecule has 2 fully saturated rings. The second-order valence-corrected chi connectivity index (χ2v) is 12.3. The molecule has 0 amide bonds. The van der Waals surface area contributed by atoms with Gasteiger partial charge < -0.3 is 25.1 Å². The SMILES string of the molecule is CCc1c2[nH]c(c1C)C=C1NC(=C3C4=NC(C=c5[nH]c(c(C)c5CC)=C2)C(C)=C4C(=O)C3C(=O)OC)C(CCC(=O)O)C1C. The zero-order valence-electron chi connectivity index (χ0n) is 26.4. The number of rotatable bonds is 6. The molecule has 6 rings (SSSR count). The second kappa shape index (κ2) is 10.9. The summed E-state index contributed by atoms with van der Waals surface area (Å²) in [6.07, 6.45) is 8.33. The minimum absolute atomic E-state index is 0.0448. The van der Waals surface area contributed by atoms with E-state index in [2.05, 4.69) is 68.1 Å². The Hall–Kier alpha value is -4.40. The number of fused-ring (bicyclic) bond motifs is 7. The molecule has 1 aliphatic carbocycles. The highest BCUT2D eigenvalue weighted by Crippen LogP contribution is 2.46. The van der Waals surface area contributed by atoms with Crippen molar-refractivity contribution in [1.82, 2.24) is 15.3 Å². The highest BCUT2D eigenvalue weighted by atomic mass is 16.5. The molecule has 230 valence electrons. The van der Waals surface area contributed by atoms with Gasteiger partial charge in [-0.2, -0.15) is 0 Å². The van der Waals surface area contributed by atoms with Crippen molar-refractivity contribution in [3.8, 4) is 0 Å². The number of ketones is 1. The molecule has 1 saturated heterocycles. The maximum Gasteiger partial charge on any atom is 0.321 e. The maximum absolute atomic E-state index is 14.0. The van der Waals surface area contributed by atoms with Crippen LogP contribution in [-0.4, -0.2) is 51.7 Å². The number of Topliss-reactive ketones (excluding diaryl/α,β-unsaturated/α-hetero) is 1. The molecule has 44 heavy (non-hydrogen) atoms. The summed E-state index contributed by atoms with van der Waals surface area (Å²) >= 11 is 0. The third-order valence-electron chi connectivity index (χ3n) is 10.1. The number of hydrogen-bond acceptors (Lipinski definition) is 6. The third kappa shape index (κ3) is 4.43. The first-order chi connectivity index (χ1) is 21.0. The quantitative estimate of drug-likeness (QED) is 0.298. The maximum atomic E-state index is 14.0. The number of nitrogens with zero attached hydrogens (tertiary/aromatic N) is 1. The molecule has 5 heterocycles. The molecule has 9 nitrogen and oxygen atoms in total. The predicted molar refractivity (Wildman–Crippen MR) is 169 cm³/mol. The number of methoxy groups -OCH3 is 1. The van der Waals surface area contributed by atoms with Crippen molar-refractivity contribution in [3.05, 3.63) is 72.5 Å². The van der Waals surface area contributed by atoms with Crippen molar-refractivity contribution in [3.63, 3.8) is 0 Å². The van der Waals surface area contributed by atoms with Crippen LogP contribution in [-0.2, 0) is 32.0 Å². The van der Waals surface area contributed by atoms with E-state index in [9.17, 15) is 19.5 Å². The van der Waals surface area contributed by atoms with Crippen molar-refractivity contribution >= 4 is 41.7 Å². The van der Waals surface area contributed by atoms with Gasteiger partial charge in [-0.3, -0.25) is 19.4 Å². The number of carboxylic acids is 1. The summed E-state index contributed by atoms with van der Waals surface area (Å²) < 4.78 is 5.15. The summed E-state index contributed by atoms with van der Waals surface area (Å²) in [5, 5.41) is 15.2. The molecule has 2 aromatic rings. The zero-order chi connectivity index (χ0) is 31.6. The number of aromatic amines is 2. The van der Waals surface area contributed by atoms with Crippen molar-refractivity contribution in [1.29, 1.82) is 0 Å². The summed E-state index contributed by atoms with van der Waals surface area (Å²) in [6, 6.07) is -0.390. The van der Waals surface area contributed by atoms with Crippen LogP contribution in [0.5, 0.6) is 0 Å². The zero-order valence-corrected chi connectivity index (χ0v) is 26.4. The summed E-state index contributed by atoms with van der Waals surface area (Å²) in [6.45, 7) is 12.5. The Balaban J connectivity index is 1.71. The van der Waals surface area contributed by atoms with Gasteiger partial charge in [0, 0.05) is 62.9 Å². The van der Waals surface area contributed by atoms with Gasteiger partial charge >= 0.3 is 11.9 Å². The number of H-pyrrole nitrogens is 2. The van der Waals surface area contributed by atoms with E-state index in [0.29, 0.717) is 29.0 Å². The number of ether oxygens (including phenoxy) is 1. The summed E-state index contributed by atoms with van der Waals surface area (Å²) in [5.41, 5.74) is 10.6. The number of carbonyl (C=O) groups is 3. The molecule has 0 aromatic carbocycles. The molecule has 8 bridgehead atoms. The van der Waals surface area contributed by atoms with Gasteiger partial charge in [-0.15, -0.1) is 0 Å². The van der Waals surface area contributed by atoms with Crippen molar-refractivity contribution in [2.24, 2.45) is 22.7 Å². The number of hydrogen-bond donors (Lipinski definition) is 4. The average Bonchev–Trinajstić information content (AvgIpc) is 3.72. The number of aliphatic carboxylic acids is 1. The monoisotopic (exact) mass is 596 g/mol. The number of aromatic nitrogens is 2. The van der Waals surface area contributed by atoms with Gasteiger partial charge in [-0.05, 0) is 86.1 Å². The Labute approximate surface area is 256 Å². The van der Waals surface area contributed by atoms with Gasteiger partial charge in [0.1, 0.15) is 5.92 Å². The molecule has 0 radical (unpaired) electrons. The van der Waals surface area contributed by atoms with Gasteiger partial charge in [0.15, 0.2) is 5.78 Å². The number of carbonyl (C=O) groups excluding carboxylic acids is 2. The lowest BCUT2D eigenvalue weighted by atomic mass is 9.85. The second-order valence-electron chi connectivity index (χ2n) is 12.3. The molecule has 2 aromatic heterocycles. The van der Waals surface area contributed by atoms with Gasteiger partial charge in [0.2, 0.25) is 0 Å². The van der Waals surface area contributed by atoms with Gasteiger partial charge in [-0.25, -0.2) is 0 Å². The Morgan fingerprint density at radius 3 is 2.39 bits per heavy atom. The molecule has 4 N–H and O–H groups in total. The summed E-state index contributed by atoms with van der Waals surface area (Å²) in [5.74, 6) is -3.37. The largest absolute Gasteiger partial charge is 0.481 e. The molecular formula is C35H40N4O5. The Morgan fingerprint density at radius 1 is 1.00 bits per heavy atom. The molecule has 4 unspecified atom stereocenters. The molecular weight excluding hydrogens is 556 g/mol. The van der Waals surface area contributed by atoms with Crippen molar-refractivity contribution < 1.29 is 24.2 Å². The Morgan fingerprint density at radius 2 is 1.73 bits per heavy atom. The van der Waals surface area contributed by atoms with Crippen LogP contribution in [0, 0.1) is 31.6 Å². The molecule has 1 saturated carbocycles. The minimum atomic E-state index is -1.16. The minimum Gasteiger partial charge on any atom is -0.481 e. The topological polar surface area (TPSA) is 137 Å². The van der Waals surface area contributed by atoms with Crippen LogP contribution in [0.3, 0.4) is 0 Å². The van der Waals surface area contributed by atoms with Gasteiger partial charge in [0.05, 0.1) is 18.9 Å². The van der Waals surface area contributed by atoms with E-state index in [-0.39, 0.29) is 30.1 Å². The van der Waals surface area contributed by atoms with Crippen molar-refractivity contribution in [2.75, 3.05) is 7.11 Å². The fourth-order valence-electron chi connectivity index (χ4n) is 7.57. The number of carboxylic acid groups (broad SMARTS) is 1. The smallest absolute Gasteiger partial charge is 0.321 e. The van der Waals surface area contributed by atoms with E-state index in [1.807, 2.05) is 6.92 Å². The standard InChI is InChI=1S/C35H40N4O5/c1-8-19-15(3)22-12-24-17(5)21(10-11-28(40)41)32(38-24)30-31(35(43)44-7)34(42)29-18(6)25(39-33(29)30)14-27-20(9-2)16(4)23(37-27)13-26(19)36-22/h12-14,17,21,25,31,36-38H,8-11H2,1-7H3,(H,40,41). The first-order valence-corrected chi connectivity index (χ1v) is 15.5. The van der Waals surface area contributed by atoms with Gasteiger partial charge in [-0.1, -0.05) is 20.8 Å². The number of nitrogens with one attached hydrogen (secondary N) is 3. The first-order valence-electron chi connectivity index (χ1n) is 15.5. The van der Waals surface area contributed by atoms with Gasteiger partial charge in [0.25, 0.3) is 0 Å². The van der Waals surface area contributed by atoms with Crippen LogP contribution in [0.2, 0.25) is 0 Å². The lowest BCUT2D eigenvalue weighted by Gasteiger charge is -2.19. The summed E-state index contributed by atoms with van der Waals surface area (Å²) in [4.78, 5) is 51.4. The Kier molecular flexibility index (Phi) is 7.38. The fourth-order valence-corrected chi connectivity index (χ4v) is 7.57. The highest BCUT2D eigenvalue weighted by Gasteiger charge is 2.52. The van der Waals surface area contributed by atoms with Crippen molar-refractivity contribution in [2.45, 2.75) is 73.3 Å². The lowest BCUT2D eigenvalue weighted by molar-refractivity contribution is -0.146.